The maximum absolute atomic E-state index is 6.32. The Balaban J connectivity index is 2.15. The van der Waals surface area contributed by atoms with Gasteiger partial charge in [-0.3, -0.25) is 0 Å². The monoisotopic (exact) mass is 297 g/mol. The third-order valence-electron chi connectivity index (χ3n) is 2.49. The van der Waals surface area contributed by atoms with Crippen molar-refractivity contribution in [1.29, 1.82) is 0 Å². The zero-order chi connectivity index (χ0) is 12.8. The van der Waals surface area contributed by atoms with Crippen LogP contribution in [-0.2, 0) is 6.54 Å². The van der Waals surface area contributed by atoms with Crippen LogP contribution in [-0.4, -0.2) is 6.54 Å². The molecule has 0 saturated heterocycles. The van der Waals surface area contributed by atoms with Gasteiger partial charge in [-0.25, -0.2) is 0 Å². The molecule has 0 aliphatic heterocycles. The highest BCUT2D eigenvalue weighted by atomic mass is 35.5. The van der Waals surface area contributed by atoms with E-state index in [9.17, 15) is 0 Å². The van der Waals surface area contributed by atoms with Crippen molar-refractivity contribution in [3.05, 3.63) is 46.3 Å². The second kappa shape index (κ2) is 7.19. The normalized spacial score (nSPS) is 10.8. The zero-order valence-electron chi connectivity index (χ0n) is 10.3. The van der Waals surface area contributed by atoms with E-state index >= 15 is 0 Å². The van der Waals surface area contributed by atoms with Crippen LogP contribution in [0.1, 0.15) is 18.9 Å². The average molecular weight is 298 g/mol. The Morgan fingerprint density at radius 1 is 1.28 bits per heavy atom. The minimum atomic E-state index is 0.837. The van der Waals surface area contributed by atoms with E-state index < -0.39 is 0 Å². The maximum atomic E-state index is 6.32. The molecule has 0 saturated carbocycles. The minimum absolute atomic E-state index is 0.837. The van der Waals surface area contributed by atoms with Crippen molar-refractivity contribution in [2.45, 2.75) is 29.0 Å². The third-order valence-corrected chi connectivity index (χ3v) is 5.14. The standard InChI is InChI=1S/C14H16ClNS2/c1-2-8-16-10-11-5-3-6-12(15)14(11)18-13-7-4-9-17-13/h3-7,9,16H,2,8,10H2,1H3. The first-order valence-corrected chi connectivity index (χ1v) is 8.08. The highest BCUT2D eigenvalue weighted by Crippen LogP contribution is 2.38. The van der Waals surface area contributed by atoms with E-state index in [1.54, 1.807) is 23.1 Å². The van der Waals surface area contributed by atoms with Crippen LogP contribution in [0.3, 0.4) is 0 Å². The molecule has 0 bridgehead atoms. The fourth-order valence-corrected chi connectivity index (χ4v) is 3.78. The van der Waals surface area contributed by atoms with Crippen LogP contribution in [0.25, 0.3) is 0 Å². The van der Waals surface area contributed by atoms with E-state index in [1.165, 1.54) is 14.7 Å². The van der Waals surface area contributed by atoms with Gasteiger partial charge in [0.15, 0.2) is 0 Å². The number of thiophene rings is 1. The van der Waals surface area contributed by atoms with E-state index in [0.29, 0.717) is 0 Å². The topological polar surface area (TPSA) is 12.0 Å². The molecular weight excluding hydrogens is 282 g/mol. The van der Waals surface area contributed by atoms with E-state index in [-0.39, 0.29) is 0 Å². The minimum Gasteiger partial charge on any atom is -0.313 e. The zero-order valence-corrected chi connectivity index (χ0v) is 12.7. The molecule has 4 heteroatoms. The molecule has 0 spiro atoms. The fraction of sp³-hybridized carbons (Fsp3) is 0.286. The second-order valence-corrected chi connectivity index (χ2v) is 6.60. The summed E-state index contributed by atoms with van der Waals surface area (Å²) in [6.07, 6.45) is 1.15. The molecule has 0 radical (unpaired) electrons. The highest BCUT2D eigenvalue weighted by molar-refractivity contribution is 8.01. The SMILES string of the molecule is CCCNCc1cccc(Cl)c1Sc1cccs1. The van der Waals surface area contributed by atoms with E-state index in [4.69, 9.17) is 11.6 Å². The van der Waals surface area contributed by atoms with Gasteiger partial charge in [0.25, 0.3) is 0 Å². The number of hydrogen-bond acceptors (Lipinski definition) is 3. The van der Waals surface area contributed by atoms with E-state index in [0.717, 1.165) is 24.5 Å². The van der Waals surface area contributed by atoms with Gasteiger partial charge in [0.1, 0.15) is 0 Å². The van der Waals surface area contributed by atoms with Crippen LogP contribution < -0.4 is 5.32 Å². The number of hydrogen-bond donors (Lipinski definition) is 1. The molecule has 0 amide bonds. The lowest BCUT2D eigenvalue weighted by atomic mass is 10.2. The molecule has 0 atom stereocenters. The molecule has 1 nitrogen and oxygen atoms in total. The second-order valence-electron chi connectivity index (χ2n) is 3.94. The van der Waals surface area contributed by atoms with Crippen molar-refractivity contribution in [1.82, 2.24) is 5.32 Å². The molecule has 2 rings (SSSR count). The summed E-state index contributed by atoms with van der Waals surface area (Å²) in [5.41, 5.74) is 1.27. The predicted molar refractivity (Wildman–Crippen MR) is 81.9 cm³/mol. The molecule has 1 aromatic carbocycles. The first kappa shape index (κ1) is 13.9. The van der Waals surface area contributed by atoms with Gasteiger partial charge < -0.3 is 5.32 Å². The van der Waals surface area contributed by atoms with Crippen LogP contribution in [0.5, 0.6) is 0 Å². The van der Waals surface area contributed by atoms with Gasteiger partial charge in [0.05, 0.1) is 9.23 Å². The molecule has 96 valence electrons. The van der Waals surface area contributed by atoms with Crippen molar-refractivity contribution in [3.63, 3.8) is 0 Å². The lowest BCUT2D eigenvalue weighted by molar-refractivity contribution is 0.669. The molecule has 0 fully saturated rings. The predicted octanol–water partition coefficient (Wildman–Crippen LogP) is 5.05. The Kier molecular flexibility index (Phi) is 5.57. The first-order valence-electron chi connectivity index (χ1n) is 6.00. The van der Waals surface area contributed by atoms with E-state index in [1.807, 2.05) is 12.1 Å². The van der Waals surface area contributed by atoms with Gasteiger partial charge in [-0.15, -0.1) is 11.3 Å². The summed E-state index contributed by atoms with van der Waals surface area (Å²) in [5, 5.41) is 6.36. The summed E-state index contributed by atoms with van der Waals surface area (Å²) in [6.45, 7) is 4.09. The molecular formula is C14H16ClNS2. The molecule has 18 heavy (non-hydrogen) atoms. The van der Waals surface area contributed by atoms with Crippen molar-refractivity contribution < 1.29 is 0 Å². The van der Waals surface area contributed by atoms with Crippen LogP contribution in [0.2, 0.25) is 5.02 Å². The van der Waals surface area contributed by atoms with Crippen LogP contribution in [0, 0.1) is 0 Å². The number of benzene rings is 1. The van der Waals surface area contributed by atoms with Crippen LogP contribution in [0.15, 0.2) is 44.8 Å². The van der Waals surface area contributed by atoms with Gasteiger partial charge in [-0.1, -0.05) is 48.5 Å². The maximum Gasteiger partial charge on any atom is 0.0646 e. The summed E-state index contributed by atoms with van der Waals surface area (Å²) in [6, 6.07) is 10.3. The third kappa shape index (κ3) is 3.75. The van der Waals surface area contributed by atoms with Crippen molar-refractivity contribution in [2.75, 3.05) is 6.54 Å². The van der Waals surface area contributed by atoms with Gasteiger partial charge >= 0.3 is 0 Å². The Bertz CT molecular complexity index is 483. The van der Waals surface area contributed by atoms with Crippen molar-refractivity contribution in [2.24, 2.45) is 0 Å². The number of halogens is 1. The Hall–Kier alpha value is -0.480. The van der Waals surface area contributed by atoms with Gasteiger partial charge in [0.2, 0.25) is 0 Å². The van der Waals surface area contributed by atoms with Crippen molar-refractivity contribution in [3.8, 4) is 0 Å². The Morgan fingerprint density at radius 2 is 2.17 bits per heavy atom. The van der Waals surface area contributed by atoms with Crippen molar-refractivity contribution >= 4 is 34.7 Å². The summed E-state index contributed by atoms with van der Waals surface area (Å²) >= 11 is 9.81. The van der Waals surface area contributed by atoms with Crippen LogP contribution >= 0.6 is 34.7 Å². The molecule has 1 aromatic heterocycles. The average Bonchev–Trinajstić information content (AvgIpc) is 2.86. The molecule has 0 aliphatic carbocycles. The summed E-state index contributed by atoms with van der Waals surface area (Å²) < 4.78 is 1.28. The molecule has 0 aliphatic rings. The molecule has 0 unspecified atom stereocenters. The highest BCUT2D eigenvalue weighted by Gasteiger charge is 2.09. The first-order chi connectivity index (χ1) is 8.81. The Labute approximate surface area is 122 Å². The molecule has 1 N–H and O–H groups in total. The Morgan fingerprint density at radius 3 is 2.89 bits per heavy atom. The lowest BCUT2D eigenvalue weighted by Gasteiger charge is -2.10. The van der Waals surface area contributed by atoms with E-state index in [2.05, 4.69) is 35.8 Å². The largest absolute Gasteiger partial charge is 0.313 e. The molecule has 1 heterocycles. The summed E-state index contributed by atoms with van der Waals surface area (Å²) in [5.74, 6) is 0. The van der Waals surface area contributed by atoms with Gasteiger partial charge in [-0.05, 0) is 36.0 Å². The summed E-state index contributed by atoms with van der Waals surface area (Å²) in [7, 11) is 0. The molecule has 2 aromatic rings. The fourth-order valence-electron chi connectivity index (χ4n) is 1.63. The quantitative estimate of drug-likeness (QED) is 0.749. The lowest BCUT2D eigenvalue weighted by Crippen LogP contribution is -2.14. The summed E-state index contributed by atoms with van der Waals surface area (Å²) in [4.78, 5) is 1.17. The number of rotatable bonds is 6. The smallest absolute Gasteiger partial charge is 0.0646 e. The van der Waals surface area contributed by atoms with Gasteiger partial charge in [-0.2, -0.15) is 0 Å². The van der Waals surface area contributed by atoms with Gasteiger partial charge in [0, 0.05) is 11.4 Å². The number of nitrogens with one attached hydrogen (secondary N) is 1. The van der Waals surface area contributed by atoms with Crippen LogP contribution in [0.4, 0.5) is 0 Å².